The minimum atomic E-state index is 0.502. The Bertz CT molecular complexity index is 294. The van der Waals surface area contributed by atoms with Gasteiger partial charge >= 0.3 is 0 Å². The second-order valence-electron chi connectivity index (χ2n) is 2.68. The van der Waals surface area contributed by atoms with E-state index in [0.717, 1.165) is 16.9 Å². The zero-order chi connectivity index (χ0) is 9.68. The summed E-state index contributed by atoms with van der Waals surface area (Å²) in [6, 6.07) is 5.90. The zero-order valence-corrected chi connectivity index (χ0v) is 8.47. The van der Waals surface area contributed by atoms with Gasteiger partial charge in [-0.2, -0.15) is 0 Å². The highest BCUT2D eigenvalue weighted by atomic mass is 35.5. The highest BCUT2D eigenvalue weighted by Gasteiger charge is 1.98. The van der Waals surface area contributed by atoms with E-state index in [4.69, 9.17) is 16.3 Å². The first-order chi connectivity index (χ1) is 6.30. The number of halogens is 1. The fourth-order valence-electron chi connectivity index (χ4n) is 1.13. The summed E-state index contributed by atoms with van der Waals surface area (Å²) >= 11 is 5.74. The van der Waals surface area contributed by atoms with Crippen LogP contribution in [0.5, 0.6) is 5.75 Å². The van der Waals surface area contributed by atoms with Gasteiger partial charge in [0, 0.05) is 5.88 Å². The zero-order valence-electron chi connectivity index (χ0n) is 7.72. The monoisotopic (exact) mass is 196 g/mol. The largest absolute Gasteiger partial charge is 0.494 e. The van der Waals surface area contributed by atoms with Gasteiger partial charge in [0.2, 0.25) is 0 Å². The van der Waals surface area contributed by atoms with Crippen LogP contribution >= 0.6 is 11.6 Å². The Kier molecular flexibility index (Phi) is 3.84. The molecule has 0 saturated heterocycles. The third kappa shape index (κ3) is 2.78. The van der Waals surface area contributed by atoms with E-state index in [9.17, 15) is 0 Å². The summed E-state index contributed by atoms with van der Waals surface area (Å²) in [5, 5.41) is 0. The number of hydrogen-bond donors (Lipinski definition) is 0. The summed E-state index contributed by atoms with van der Waals surface area (Å²) in [4.78, 5) is 0. The topological polar surface area (TPSA) is 9.23 Å². The highest BCUT2D eigenvalue weighted by molar-refractivity contribution is 6.17. The molecule has 0 N–H and O–H groups in total. The summed E-state index contributed by atoms with van der Waals surface area (Å²) in [5.41, 5.74) is 2.10. The van der Waals surface area contributed by atoms with E-state index in [0.29, 0.717) is 12.5 Å². The van der Waals surface area contributed by atoms with E-state index < -0.39 is 0 Å². The van der Waals surface area contributed by atoms with Crippen molar-refractivity contribution in [2.45, 2.75) is 12.8 Å². The third-order valence-electron chi connectivity index (χ3n) is 1.69. The molecule has 0 atom stereocenters. The van der Waals surface area contributed by atoms with Gasteiger partial charge in [-0.05, 0) is 30.2 Å². The van der Waals surface area contributed by atoms with Crippen LogP contribution in [0.25, 0.3) is 6.08 Å². The molecule has 0 fully saturated rings. The normalized spacial score (nSPS) is 9.69. The lowest BCUT2D eigenvalue weighted by molar-refractivity contribution is 0.340. The van der Waals surface area contributed by atoms with Crippen LogP contribution < -0.4 is 4.74 Å². The van der Waals surface area contributed by atoms with Gasteiger partial charge in [0.25, 0.3) is 0 Å². The van der Waals surface area contributed by atoms with Crippen molar-refractivity contribution in [2.24, 2.45) is 0 Å². The van der Waals surface area contributed by atoms with Crippen molar-refractivity contribution in [3.05, 3.63) is 35.9 Å². The third-order valence-corrected chi connectivity index (χ3v) is 2.00. The second-order valence-corrected chi connectivity index (χ2v) is 2.95. The van der Waals surface area contributed by atoms with Crippen LogP contribution in [0.2, 0.25) is 0 Å². The minimum absolute atomic E-state index is 0.502. The predicted molar refractivity (Wildman–Crippen MR) is 57.3 cm³/mol. The molecule has 0 radical (unpaired) electrons. The van der Waals surface area contributed by atoms with Gasteiger partial charge in [-0.15, -0.1) is 11.6 Å². The molecule has 0 heterocycles. The van der Waals surface area contributed by atoms with Gasteiger partial charge in [0.1, 0.15) is 5.75 Å². The molecule has 13 heavy (non-hydrogen) atoms. The highest BCUT2D eigenvalue weighted by Crippen LogP contribution is 2.19. The SMILES string of the molecule is C=Cc1cc(CCl)cc(OCC)c1. The maximum atomic E-state index is 5.74. The number of hydrogen-bond acceptors (Lipinski definition) is 1. The molecule has 0 saturated carbocycles. The lowest BCUT2D eigenvalue weighted by Crippen LogP contribution is -1.93. The molecule has 0 aliphatic carbocycles. The molecule has 0 aliphatic rings. The molecule has 0 unspecified atom stereocenters. The molecule has 70 valence electrons. The van der Waals surface area contributed by atoms with Crippen molar-refractivity contribution in [3.63, 3.8) is 0 Å². The molecule has 1 nitrogen and oxygen atoms in total. The van der Waals surface area contributed by atoms with Crippen LogP contribution in [-0.4, -0.2) is 6.61 Å². The van der Waals surface area contributed by atoms with E-state index in [-0.39, 0.29) is 0 Å². The lowest BCUT2D eigenvalue weighted by atomic mass is 10.1. The summed E-state index contributed by atoms with van der Waals surface area (Å²) in [6.45, 7) is 6.34. The molecule has 1 aromatic carbocycles. The van der Waals surface area contributed by atoms with Crippen LogP contribution in [0.4, 0.5) is 0 Å². The Morgan fingerprint density at radius 3 is 2.77 bits per heavy atom. The van der Waals surface area contributed by atoms with Crippen molar-refractivity contribution in [2.75, 3.05) is 6.61 Å². The molecule has 0 spiro atoms. The van der Waals surface area contributed by atoms with E-state index in [1.807, 2.05) is 25.1 Å². The smallest absolute Gasteiger partial charge is 0.120 e. The molecule has 0 aliphatic heterocycles. The average molecular weight is 197 g/mol. The first kappa shape index (κ1) is 10.1. The molecule has 1 aromatic rings. The van der Waals surface area contributed by atoms with Gasteiger partial charge in [0.05, 0.1) is 6.61 Å². The van der Waals surface area contributed by atoms with Gasteiger partial charge in [-0.3, -0.25) is 0 Å². The van der Waals surface area contributed by atoms with Crippen molar-refractivity contribution in [3.8, 4) is 5.75 Å². The number of ether oxygens (including phenoxy) is 1. The van der Waals surface area contributed by atoms with Crippen LogP contribution in [0, 0.1) is 0 Å². The first-order valence-corrected chi connectivity index (χ1v) is 4.78. The Morgan fingerprint density at radius 1 is 1.46 bits per heavy atom. The fourth-order valence-corrected chi connectivity index (χ4v) is 1.29. The van der Waals surface area contributed by atoms with Crippen molar-refractivity contribution in [1.29, 1.82) is 0 Å². The lowest BCUT2D eigenvalue weighted by Gasteiger charge is -2.06. The van der Waals surface area contributed by atoms with Gasteiger partial charge in [-0.25, -0.2) is 0 Å². The summed E-state index contributed by atoms with van der Waals surface area (Å²) in [7, 11) is 0. The number of benzene rings is 1. The summed E-state index contributed by atoms with van der Waals surface area (Å²) < 4.78 is 5.38. The first-order valence-electron chi connectivity index (χ1n) is 4.25. The number of alkyl halides is 1. The molecule has 0 bridgehead atoms. The molecular formula is C11H13ClO. The van der Waals surface area contributed by atoms with Gasteiger partial charge in [0.15, 0.2) is 0 Å². The molecule has 1 rings (SSSR count). The van der Waals surface area contributed by atoms with E-state index in [2.05, 4.69) is 6.58 Å². The van der Waals surface area contributed by atoms with Gasteiger partial charge in [-0.1, -0.05) is 18.7 Å². The minimum Gasteiger partial charge on any atom is -0.494 e. The fraction of sp³-hybridized carbons (Fsp3) is 0.273. The Labute approximate surface area is 84.0 Å². The van der Waals surface area contributed by atoms with Crippen molar-refractivity contribution >= 4 is 17.7 Å². The van der Waals surface area contributed by atoms with Crippen LogP contribution in [0.15, 0.2) is 24.8 Å². The molecule has 2 heteroatoms. The van der Waals surface area contributed by atoms with E-state index >= 15 is 0 Å². The van der Waals surface area contributed by atoms with Crippen molar-refractivity contribution < 1.29 is 4.74 Å². The maximum absolute atomic E-state index is 5.74. The quantitative estimate of drug-likeness (QED) is 0.671. The standard InChI is InChI=1S/C11H13ClO/c1-3-9-5-10(8-12)7-11(6-9)13-4-2/h3,5-7H,1,4,8H2,2H3. The van der Waals surface area contributed by atoms with Crippen LogP contribution in [0.1, 0.15) is 18.1 Å². The van der Waals surface area contributed by atoms with E-state index in [1.165, 1.54) is 0 Å². The maximum Gasteiger partial charge on any atom is 0.120 e. The summed E-state index contributed by atoms with van der Waals surface area (Å²) in [6.07, 6.45) is 1.79. The average Bonchev–Trinajstić information content (AvgIpc) is 2.17. The Hall–Kier alpha value is -0.950. The number of rotatable bonds is 4. The van der Waals surface area contributed by atoms with E-state index in [1.54, 1.807) is 6.08 Å². The Morgan fingerprint density at radius 2 is 2.23 bits per heavy atom. The van der Waals surface area contributed by atoms with Gasteiger partial charge < -0.3 is 4.74 Å². The van der Waals surface area contributed by atoms with Crippen LogP contribution in [-0.2, 0) is 5.88 Å². The van der Waals surface area contributed by atoms with Crippen molar-refractivity contribution in [1.82, 2.24) is 0 Å². The predicted octanol–water partition coefficient (Wildman–Crippen LogP) is 3.47. The molecule has 0 amide bonds. The second kappa shape index (κ2) is 4.93. The summed E-state index contributed by atoms with van der Waals surface area (Å²) in [5.74, 6) is 1.36. The van der Waals surface area contributed by atoms with Crippen LogP contribution in [0.3, 0.4) is 0 Å². The Balaban J connectivity index is 2.99. The molecular weight excluding hydrogens is 184 g/mol. The molecule has 0 aromatic heterocycles.